The molecule has 2 aliphatic rings. The standard InChI is InChI=1S/C11H19NO2S/c1-11(2)4-7(11)8-5-15-6-9(12-8)10(13)14-3/h7-9,12H,4-6H2,1-3H3. The van der Waals surface area contributed by atoms with Crippen molar-refractivity contribution in [3.63, 3.8) is 0 Å². The summed E-state index contributed by atoms with van der Waals surface area (Å²) in [7, 11) is 1.46. The molecule has 3 nitrogen and oxygen atoms in total. The molecule has 15 heavy (non-hydrogen) atoms. The largest absolute Gasteiger partial charge is 0.468 e. The number of hydrogen-bond acceptors (Lipinski definition) is 4. The molecule has 1 N–H and O–H groups in total. The molecule has 1 aliphatic heterocycles. The predicted octanol–water partition coefficient (Wildman–Crippen LogP) is 1.28. The van der Waals surface area contributed by atoms with Crippen molar-refractivity contribution in [1.82, 2.24) is 5.32 Å². The van der Waals surface area contributed by atoms with E-state index in [0.717, 1.165) is 17.4 Å². The highest BCUT2D eigenvalue weighted by Crippen LogP contribution is 2.54. The van der Waals surface area contributed by atoms with Gasteiger partial charge in [-0.15, -0.1) is 0 Å². The number of rotatable bonds is 2. The van der Waals surface area contributed by atoms with E-state index in [9.17, 15) is 4.79 Å². The van der Waals surface area contributed by atoms with Gasteiger partial charge in [0.15, 0.2) is 0 Å². The third kappa shape index (κ3) is 2.31. The molecule has 3 unspecified atom stereocenters. The summed E-state index contributed by atoms with van der Waals surface area (Å²) in [6, 6.07) is 0.387. The van der Waals surface area contributed by atoms with Gasteiger partial charge in [-0.3, -0.25) is 10.1 Å². The lowest BCUT2D eigenvalue weighted by Crippen LogP contribution is -2.51. The number of nitrogens with one attached hydrogen (secondary N) is 1. The van der Waals surface area contributed by atoms with Crippen LogP contribution in [0.25, 0.3) is 0 Å². The van der Waals surface area contributed by atoms with Crippen LogP contribution in [0.15, 0.2) is 0 Å². The lowest BCUT2D eigenvalue weighted by molar-refractivity contribution is -0.142. The second kappa shape index (κ2) is 3.98. The average molecular weight is 229 g/mol. The first-order valence-electron chi connectivity index (χ1n) is 5.46. The molecule has 3 atom stereocenters. The van der Waals surface area contributed by atoms with Gasteiger partial charge in [-0.25, -0.2) is 0 Å². The zero-order chi connectivity index (χ0) is 11.1. The molecule has 0 aromatic heterocycles. The molecule has 0 aromatic rings. The molecule has 1 saturated heterocycles. The Labute approximate surface area is 95.3 Å². The van der Waals surface area contributed by atoms with Crippen LogP contribution in [0.1, 0.15) is 20.3 Å². The van der Waals surface area contributed by atoms with Crippen molar-refractivity contribution in [2.75, 3.05) is 18.6 Å². The minimum Gasteiger partial charge on any atom is -0.468 e. The van der Waals surface area contributed by atoms with Crippen molar-refractivity contribution < 1.29 is 9.53 Å². The van der Waals surface area contributed by atoms with Crippen molar-refractivity contribution in [2.24, 2.45) is 11.3 Å². The number of carbonyl (C=O) groups excluding carboxylic acids is 1. The molecule has 1 aliphatic carbocycles. The zero-order valence-electron chi connectivity index (χ0n) is 9.58. The highest BCUT2D eigenvalue weighted by atomic mass is 32.2. The van der Waals surface area contributed by atoms with Crippen molar-refractivity contribution in [3.05, 3.63) is 0 Å². The Morgan fingerprint density at radius 3 is 2.67 bits per heavy atom. The summed E-state index contributed by atoms with van der Waals surface area (Å²) in [4.78, 5) is 11.4. The van der Waals surface area contributed by atoms with Crippen molar-refractivity contribution >= 4 is 17.7 Å². The van der Waals surface area contributed by atoms with Crippen LogP contribution in [0.2, 0.25) is 0 Å². The summed E-state index contributed by atoms with van der Waals surface area (Å²) in [5.41, 5.74) is 0.468. The Bertz CT molecular complexity index is 267. The second-order valence-corrected chi connectivity index (χ2v) is 6.26. The molecule has 0 radical (unpaired) electrons. The van der Waals surface area contributed by atoms with Gasteiger partial charge < -0.3 is 4.74 Å². The van der Waals surface area contributed by atoms with Gasteiger partial charge >= 0.3 is 5.97 Å². The Morgan fingerprint density at radius 2 is 2.13 bits per heavy atom. The van der Waals surface area contributed by atoms with E-state index in [1.165, 1.54) is 13.5 Å². The molecule has 86 valence electrons. The topological polar surface area (TPSA) is 38.3 Å². The van der Waals surface area contributed by atoms with Crippen LogP contribution in [0.5, 0.6) is 0 Å². The third-order valence-electron chi connectivity index (χ3n) is 3.56. The minimum atomic E-state index is -0.120. The minimum absolute atomic E-state index is 0.102. The third-order valence-corrected chi connectivity index (χ3v) is 4.72. The Hall–Kier alpha value is -0.220. The van der Waals surface area contributed by atoms with Crippen LogP contribution in [0.4, 0.5) is 0 Å². The van der Waals surface area contributed by atoms with E-state index >= 15 is 0 Å². The highest BCUT2D eigenvalue weighted by molar-refractivity contribution is 7.99. The summed E-state index contributed by atoms with van der Waals surface area (Å²) >= 11 is 1.86. The molecule has 1 saturated carbocycles. The summed E-state index contributed by atoms with van der Waals surface area (Å²) in [5, 5.41) is 3.43. The van der Waals surface area contributed by atoms with Crippen molar-refractivity contribution in [1.29, 1.82) is 0 Å². The molecule has 0 spiro atoms. The van der Waals surface area contributed by atoms with E-state index in [1.54, 1.807) is 0 Å². The van der Waals surface area contributed by atoms with Gasteiger partial charge in [0.1, 0.15) is 6.04 Å². The van der Waals surface area contributed by atoms with Gasteiger partial charge in [0, 0.05) is 17.5 Å². The normalized spacial score (nSPS) is 38.5. The first-order valence-corrected chi connectivity index (χ1v) is 6.61. The molecule has 1 heterocycles. The summed E-state index contributed by atoms with van der Waals surface area (Å²) in [5.74, 6) is 2.58. The van der Waals surface area contributed by atoms with E-state index < -0.39 is 0 Å². The Kier molecular flexibility index (Phi) is 2.99. The number of hydrogen-bond donors (Lipinski definition) is 1. The van der Waals surface area contributed by atoms with Gasteiger partial charge in [0.25, 0.3) is 0 Å². The fourth-order valence-electron chi connectivity index (χ4n) is 2.37. The fraction of sp³-hybridized carbons (Fsp3) is 0.909. The van der Waals surface area contributed by atoms with Gasteiger partial charge in [-0.2, -0.15) is 11.8 Å². The Morgan fingerprint density at radius 1 is 1.47 bits per heavy atom. The molecule has 0 bridgehead atoms. The number of esters is 1. The maximum Gasteiger partial charge on any atom is 0.323 e. The lowest BCUT2D eigenvalue weighted by atomic mass is 10.0. The summed E-state index contributed by atoms with van der Waals surface area (Å²) < 4.78 is 4.78. The first kappa shape index (κ1) is 11.3. The van der Waals surface area contributed by atoms with Crippen molar-refractivity contribution in [2.45, 2.75) is 32.4 Å². The maximum atomic E-state index is 11.4. The lowest BCUT2D eigenvalue weighted by Gasteiger charge is -2.30. The van der Waals surface area contributed by atoms with Crippen LogP contribution in [0.3, 0.4) is 0 Å². The molecule has 4 heteroatoms. The van der Waals surface area contributed by atoms with Crippen LogP contribution < -0.4 is 5.32 Å². The average Bonchev–Trinajstić information content (AvgIpc) is 2.87. The van der Waals surface area contributed by atoms with E-state index in [1.807, 2.05) is 11.8 Å². The summed E-state index contributed by atoms with van der Waals surface area (Å²) in [6.07, 6.45) is 1.28. The quantitative estimate of drug-likeness (QED) is 0.724. The SMILES string of the molecule is COC(=O)C1CSCC(C2CC2(C)C)N1. The van der Waals surface area contributed by atoms with E-state index in [4.69, 9.17) is 4.74 Å². The predicted molar refractivity (Wildman–Crippen MR) is 61.9 cm³/mol. The molecular weight excluding hydrogens is 210 g/mol. The number of carbonyl (C=O) groups is 1. The smallest absolute Gasteiger partial charge is 0.323 e. The van der Waals surface area contributed by atoms with E-state index in [-0.39, 0.29) is 12.0 Å². The van der Waals surface area contributed by atoms with Gasteiger partial charge in [0.05, 0.1) is 7.11 Å². The second-order valence-electron chi connectivity index (χ2n) is 5.19. The number of thioether (sulfide) groups is 1. The monoisotopic (exact) mass is 229 g/mol. The van der Waals surface area contributed by atoms with E-state index in [0.29, 0.717) is 11.5 Å². The van der Waals surface area contributed by atoms with Gasteiger partial charge in [-0.1, -0.05) is 13.8 Å². The molecule has 2 rings (SSSR count). The number of methoxy groups -OCH3 is 1. The van der Waals surface area contributed by atoms with Crippen LogP contribution >= 0.6 is 11.8 Å². The first-order chi connectivity index (χ1) is 7.04. The van der Waals surface area contributed by atoms with Crippen molar-refractivity contribution in [3.8, 4) is 0 Å². The number of ether oxygens (including phenoxy) is 1. The Balaban J connectivity index is 1.91. The molecule has 0 aromatic carbocycles. The highest BCUT2D eigenvalue weighted by Gasteiger charge is 2.51. The van der Waals surface area contributed by atoms with Gasteiger partial charge in [0.2, 0.25) is 0 Å². The van der Waals surface area contributed by atoms with E-state index in [2.05, 4.69) is 19.2 Å². The molecule has 0 amide bonds. The molecular formula is C11H19NO2S. The van der Waals surface area contributed by atoms with Gasteiger partial charge in [-0.05, 0) is 17.8 Å². The fourth-order valence-corrected chi connectivity index (χ4v) is 3.56. The van der Waals surface area contributed by atoms with Crippen LogP contribution in [-0.4, -0.2) is 36.7 Å². The zero-order valence-corrected chi connectivity index (χ0v) is 10.4. The molecule has 2 fully saturated rings. The van der Waals surface area contributed by atoms with Crippen LogP contribution in [-0.2, 0) is 9.53 Å². The van der Waals surface area contributed by atoms with Crippen LogP contribution in [0, 0.1) is 11.3 Å². The summed E-state index contributed by atoms with van der Waals surface area (Å²) in [6.45, 7) is 4.59. The maximum absolute atomic E-state index is 11.4.